The smallest absolute Gasteiger partial charge is 0.251 e. The number of nitrogens with one attached hydrogen (secondary N) is 1. The Morgan fingerprint density at radius 2 is 1.82 bits per heavy atom. The quantitative estimate of drug-likeness (QED) is 0.410. The maximum Gasteiger partial charge on any atom is 0.251 e. The normalized spacial score (nSPS) is 10.7. The summed E-state index contributed by atoms with van der Waals surface area (Å²) in [5.41, 5.74) is 4.09. The van der Waals surface area contributed by atoms with E-state index in [1.54, 1.807) is 23.1 Å². The van der Waals surface area contributed by atoms with Crippen molar-refractivity contribution in [3.8, 4) is 5.75 Å². The molecule has 2 aromatic carbocycles. The van der Waals surface area contributed by atoms with Crippen LogP contribution in [0, 0.1) is 20.8 Å². The Morgan fingerprint density at radius 1 is 1.11 bits per heavy atom. The van der Waals surface area contributed by atoms with E-state index in [1.807, 2.05) is 57.2 Å². The minimum atomic E-state index is -0.0873. The Hall–Kier alpha value is -2.31. The number of ether oxygens (including phenoxy) is 1. The van der Waals surface area contributed by atoms with Gasteiger partial charge in [-0.05, 0) is 68.3 Å². The van der Waals surface area contributed by atoms with Gasteiger partial charge in [0, 0.05) is 21.6 Å². The Morgan fingerprint density at radius 3 is 2.46 bits per heavy atom. The van der Waals surface area contributed by atoms with Crippen LogP contribution < -0.4 is 10.1 Å². The maximum absolute atomic E-state index is 12.3. The van der Waals surface area contributed by atoms with Crippen LogP contribution in [0.3, 0.4) is 0 Å². The van der Waals surface area contributed by atoms with Crippen LogP contribution in [0.2, 0.25) is 0 Å². The lowest BCUT2D eigenvalue weighted by molar-refractivity contribution is 0.0947. The van der Waals surface area contributed by atoms with Crippen LogP contribution in [0.25, 0.3) is 0 Å². The van der Waals surface area contributed by atoms with E-state index in [9.17, 15) is 4.79 Å². The lowest BCUT2D eigenvalue weighted by atomic mass is 10.1. The highest BCUT2D eigenvalue weighted by molar-refractivity contribution is 7.98. The zero-order chi connectivity index (χ0) is 19.9. The average molecular weight is 413 g/mol. The molecule has 0 saturated heterocycles. The topological polar surface area (TPSA) is 51.2 Å². The summed E-state index contributed by atoms with van der Waals surface area (Å²) in [5.74, 6) is 1.59. The third kappa shape index (κ3) is 6.11. The average Bonchev–Trinajstić information content (AvgIpc) is 3.08. The molecule has 3 rings (SSSR count). The first-order valence-electron chi connectivity index (χ1n) is 9.13. The summed E-state index contributed by atoms with van der Waals surface area (Å²) in [5, 5.41) is 6.07. The van der Waals surface area contributed by atoms with Gasteiger partial charge in [-0.15, -0.1) is 23.1 Å². The van der Waals surface area contributed by atoms with Crippen LogP contribution in [0.15, 0.2) is 52.7 Å². The fourth-order valence-electron chi connectivity index (χ4n) is 2.79. The summed E-state index contributed by atoms with van der Waals surface area (Å²) in [6, 6.07) is 13.8. The van der Waals surface area contributed by atoms with Crippen molar-refractivity contribution in [1.29, 1.82) is 0 Å². The molecule has 0 bridgehead atoms. The van der Waals surface area contributed by atoms with Gasteiger partial charge in [-0.2, -0.15) is 0 Å². The molecular weight excluding hydrogens is 388 g/mol. The van der Waals surface area contributed by atoms with Crippen LogP contribution in [0.1, 0.15) is 32.2 Å². The number of carbonyl (C=O) groups excluding carboxylic acids is 1. The highest BCUT2D eigenvalue weighted by Crippen LogP contribution is 2.24. The molecule has 0 spiro atoms. The summed E-state index contributed by atoms with van der Waals surface area (Å²) >= 11 is 3.39. The van der Waals surface area contributed by atoms with Crippen molar-refractivity contribution < 1.29 is 9.53 Å². The van der Waals surface area contributed by atoms with Crippen molar-refractivity contribution in [2.75, 3.05) is 13.2 Å². The number of hydrogen-bond acceptors (Lipinski definition) is 5. The van der Waals surface area contributed by atoms with Crippen LogP contribution in [0.4, 0.5) is 0 Å². The van der Waals surface area contributed by atoms with Crippen molar-refractivity contribution in [2.24, 2.45) is 0 Å². The first-order valence-corrected chi connectivity index (χ1v) is 11.0. The molecule has 146 valence electrons. The molecule has 28 heavy (non-hydrogen) atoms. The number of aromatic nitrogens is 1. The number of thioether (sulfide) groups is 1. The van der Waals surface area contributed by atoms with E-state index in [0.717, 1.165) is 27.1 Å². The molecule has 0 aliphatic heterocycles. The summed E-state index contributed by atoms with van der Waals surface area (Å²) in [4.78, 5) is 17.9. The molecule has 0 fully saturated rings. The van der Waals surface area contributed by atoms with Gasteiger partial charge in [-0.1, -0.05) is 6.07 Å². The SMILES string of the molecule is Cc1cc(C)cc(OCCNC(=O)c2ccc(SCc3csc(C)n3)cc2)c1. The number of rotatable bonds is 8. The minimum Gasteiger partial charge on any atom is -0.492 e. The van der Waals surface area contributed by atoms with E-state index in [2.05, 4.69) is 21.7 Å². The third-order valence-electron chi connectivity index (χ3n) is 4.02. The molecule has 1 aromatic heterocycles. The second-order valence-electron chi connectivity index (χ2n) is 6.60. The Bertz CT molecular complexity index is 916. The summed E-state index contributed by atoms with van der Waals surface area (Å²) in [6.45, 7) is 7.00. The summed E-state index contributed by atoms with van der Waals surface area (Å²) in [6.07, 6.45) is 0. The van der Waals surface area contributed by atoms with Gasteiger partial charge in [-0.25, -0.2) is 4.98 Å². The number of aryl methyl sites for hydroxylation is 3. The van der Waals surface area contributed by atoms with Gasteiger partial charge in [0.2, 0.25) is 0 Å². The Labute approximate surface area is 174 Å². The van der Waals surface area contributed by atoms with Crippen LogP contribution in [0.5, 0.6) is 5.75 Å². The highest BCUT2D eigenvalue weighted by atomic mass is 32.2. The predicted octanol–water partition coefficient (Wildman–Crippen LogP) is 5.17. The van der Waals surface area contributed by atoms with Crippen molar-refractivity contribution in [2.45, 2.75) is 31.4 Å². The first-order chi connectivity index (χ1) is 13.5. The molecule has 6 heteroatoms. The van der Waals surface area contributed by atoms with E-state index in [1.165, 1.54) is 11.1 Å². The minimum absolute atomic E-state index is 0.0873. The molecule has 0 unspecified atom stereocenters. The molecule has 0 aliphatic rings. The molecular formula is C22H24N2O2S2. The second kappa shape index (κ2) is 9.75. The second-order valence-corrected chi connectivity index (χ2v) is 8.71. The predicted molar refractivity (Wildman–Crippen MR) is 117 cm³/mol. The molecule has 0 radical (unpaired) electrons. The molecule has 1 N–H and O–H groups in total. The lowest BCUT2D eigenvalue weighted by Gasteiger charge is -2.09. The van der Waals surface area contributed by atoms with Gasteiger partial charge < -0.3 is 10.1 Å². The molecule has 4 nitrogen and oxygen atoms in total. The molecule has 3 aromatic rings. The van der Waals surface area contributed by atoms with Gasteiger partial charge in [-0.3, -0.25) is 4.79 Å². The van der Waals surface area contributed by atoms with Crippen LogP contribution in [-0.2, 0) is 5.75 Å². The van der Waals surface area contributed by atoms with E-state index in [-0.39, 0.29) is 5.91 Å². The Balaban J connectivity index is 1.42. The number of amides is 1. The molecule has 0 saturated carbocycles. The third-order valence-corrected chi connectivity index (χ3v) is 5.89. The van der Waals surface area contributed by atoms with Gasteiger partial charge in [0.25, 0.3) is 5.91 Å². The van der Waals surface area contributed by atoms with E-state index < -0.39 is 0 Å². The zero-order valence-electron chi connectivity index (χ0n) is 16.3. The van der Waals surface area contributed by atoms with Crippen molar-refractivity contribution >= 4 is 29.0 Å². The molecule has 0 aliphatic carbocycles. The van der Waals surface area contributed by atoms with Gasteiger partial charge in [0.1, 0.15) is 12.4 Å². The van der Waals surface area contributed by atoms with E-state index >= 15 is 0 Å². The van der Waals surface area contributed by atoms with Gasteiger partial charge >= 0.3 is 0 Å². The summed E-state index contributed by atoms with van der Waals surface area (Å²) < 4.78 is 5.73. The monoisotopic (exact) mass is 412 g/mol. The van der Waals surface area contributed by atoms with Gasteiger partial charge in [0.15, 0.2) is 0 Å². The maximum atomic E-state index is 12.3. The van der Waals surface area contributed by atoms with Crippen LogP contribution >= 0.6 is 23.1 Å². The largest absolute Gasteiger partial charge is 0.492 e. The fourth-order valence-corrected chi connectivity index (χ4v) is 4.30. The highest BCUT2D eigenvalue weighted by Gasteiger charge is 2.06. The molecule has 1 amide bonds. The van der Waals surface area contributed by atoms with Crippen molar-refractivity contribution in [3.05, 3.63) is 75.2 Å². The number of carbonyl (C=O) groups is 1. The van der Waals surface area contributed by atoms with Gasteiger partial charge in [0.05, 0.1) is 17.2 Å². The fraction of sp³-hybridized carbons (Fsp3) is 0.273. The Kier molecular flexibility index (Phi) is 7.12. The van der Waals surface area contributed by atoms with Crippen LogP contribution in [-0.4, -0.2) is 24.0 Å². The number of hydrogen-bond donors (Lipinski definition) is 1. The number of nitrogens with zero attached hydrogens (tertiary/aromatic N) is 1. The standard InChI is InChI=1S/C22H24N2O2S2/c1-15-10-16(2)12-20(11-15)26-9-8-23-22(25)18-4-6-21(7-5-18)28-14-19-13-27-17(3)24-19/h4-7,10-13H,8-9,14H2,1-3H3,(H,23,25). The van der Waals surface area contributed by atoms with E-state index in [0.29, 0.717) is 18.7 Å². The number of thiazole rings is 1. The van der Waals surface area contributed by atoms with Crippen molar-refractivity contribution in [3.63, 3.8) is 0 Å². The summed E-state index contributed by atoms with van der Waals surface area (Å²) in [7, 11) is 0. The number of benzene rings is 2. The van der Waals surface area contributed by atoms with Crippen molar-refractivity contribution in [1.82, 2.24) is 10.3 Å². The molecule has 1 heterocycles. The zero-order valence-corrected chi connectivity index (χ0v) is 18.0. The lowest BCUT2D eigenvalue weighted by Crippen LogP contribution is -2.28. The first kappa shape index (κ1) is 20.4. The van der Waals surface area contributed by atoms with E-state index in [4.69, 9.17) is 4.74 Å². The molecule has 0 atom stereocenters.